The van der Waals surface area contributed by atoms with Crippen molar-refractivity contribution in [2.45, 2.75) is 43.9 Å². The van der Waals surface area contributed by atoms with Gasteiger partial charge in [-0.3, -0.25) is 9.69 Å². The molecule has 0 aromatic rings. The minimum absolute atomic E-state index is 0.0843. The van der Waals surface area contributed by atoms with Crippen LogP contribution in [0.5, 0.6) is 0 Å². The summed E-state index contributed by atoms with van der Waals surface area (Å²) >= 11 is 0. The van der Waals surface area contributed by atoms with Gasteiger partial charge in [0.25, 0.3) is 0 Å². The van der Waals surface area contributed by atoms with Crippen LogP contribution in [0.4, 0.5) is 0 Å². The van der Waals surface area contributed by atoms with E-state index >= 15 is 0 Å². The molecule has 1 aliphatic heterocycles. The molecule has 18 heavy (non-hydrogen) atoms. The largest absolute Gasteiger partial charge is 0.468 e. The lowest BCUT2D eigenvalue weighted by Crippen LogP contribution is -2.50. The summed E-state index contributed by atoms with van der Waals surface area (Å²) in [4.78, 5) is 14.4. The zero-order valence-corrected chi connectivity index (χ0v) is 10.8. The second-order valence-corrected chi connectivity index (χ2v) is 6.64. The molecule has 0 spiro atoms. The molecule has 4 fully saturated rings. The molecule has 100 valence electrons. The number of hydrogen-bond donors (Lipinski definition) is 1. The van der Waals surface area contributed by atoms with Crippen molar-refractivity contribution in [3.05, 3.63) is 0 Å². The Morgan fingerprint density at radius 2 is 2.11 bits per heavy atom. The van der Waals surface area contributed by atoms with Gasteiger partial charge in [-0.15, -0.1) is 0 Å². The predicted octanol–water partition coefficient (Wildman–Crippen LogP) is 0.639. The van der Waals surface area contributed by atoms with E-state index in [4.69, 9.17) is 4.74 Å². The van der Waals surface area contributed by atoms with Crippen molar-refractivity contribution in [3.8, 4) is 0 Å². The van der Waals surface area contributed by atoms with Crippen LogP contribution in [-0.2, 0) is 9.53 Å². The Kier molecular flexibility index (Phi) is 2.31. The van der Waals surface area contributed by atoms with E-state index < -0.39 is 0 Å². The van der Waals surface area contributed by atoms with Gasteiger partial charge >= 0.3 is 5.97 Å². The van der Waals surface area contributed by atoms with Gasteiger partial charge in [0.15, 0.2) is 0 Å². The Balaban J connectivity index is 1.62. The monoisotopic (exact) mass is 251 g/mol. The Bertz CT molecular complexity index is 379. The molecule has 4 rings (SSSR count). The summed E-state index contributed by atoms with van der Waals surface area (Å²) in [7, 11) is 1.48. The highest BCUT2D eigenvalue weighted by atomic mass is 16.5. The maximum absolute atomic E-state index is 12.1. The van der Waals surface area contributed by atoms with E-state index in [2.05, 4.69) is 4.90 Å². The molecule has 4 aliphatic rings. The second-order valence-electron chi connectivity index (χ2n) is 6.64. The number of aliphatic hydroxyl groups excluding tert-OH is 1. The van der Waals surface area contributed by atoms with Crippen LogP contribution in [0.25, 0.3) is 0 Å². The van der Waals surface area contributed by atoms with Crippen LogP contribution >= 0.6 is 0 Å². The lowest BCUT2D eigenvalue weighted by molar-refractivity contribution is -0.149. The molecule has 4 heteroatoms. The highest BCUT2D eigenvalue weighted by Gasteiger charge is 2.61. The number of carbonyl (C=O) groups excluding carboxylic acids is 1. The molecule has 4 nitrogen and oxygen atoms in total. The average molecular weight is 251 g/mol. The number of ether oxygens (including phenoxy) is 1. The first-order valence-electron chi connectivity index (χ1n) is 7.22. The van der Waals surface area contributed by atoms with Gasteiger partial charge in [0.2, 0.25) is 0 Å². The van der Waals surface area contributed by atoms with Gasteiger partial charge in [0, 0.05) is 12.6 Å². The maximum atomic E-state index is 12.1. The van der Waals surface area contributed by atoms with Crippen molar-refractivity contribution in [2.75, 3.05) is 13.7 Å². The molecule has 6 atom stereocenters. The van der Waals surface area contributed by atoms with Crippen molar-refractivity contribution in [1.82, 2.24) is 4.90 Å². The van der Waals surface area contributed by atoms with Crippen molar-refractivity contribution in [1.29, 1.82) is 0 Å². The van der Waals surface area contributed by atoms with Crippen molar-refractivity contribution in [3.63, 3.8) is 0 Å². The fraction of sp³-hybridized carbons (Fsp3) is 0.929. The fourth-order valence-electron chi connectivity index (χ4n) is 4.91. The zero-order valence-electron chi connectivity index (χ0n) is 10.8. The Hall–Kier alpha value is -0.610. The summed E-state index contributed by atoms with van der Waals surface area (Å²) in [6, 6.07) is 0.150. The molecule has 3 aliphatic carbocycles. The van der Waals surface area contributed by atoms with Gasteiger partial charge in [-0.2, -0.15) is 0 Å². The number of nitrogens with zero attached hydrogens (tertiary/aromatic N) is 1. The first-order valence-corrected chi connectivity index (χ1v) is 7.22. The summed E-state index contributed by atoms with van der Waals surface area (Å²) in [5.41, 5.74) is 0. The second kappa shape index (κ2) is 3.70. The molecular formula is C14H21NO3. The van der Waals surface area contributed by atoms with Gasteiger partial charge in [-0.1, -0.05) is 0 Å². The average Bonchev–Trinajstić information content (AvgIpc) is 2.93. The molecule has 1 N–H and O–H groups in total. The minimum atomic E-state index is -0.209. The van der Waals surface area contributed by atoms with E-state index in [0.29, 0.717) is 23.7 Å². The highest BCUT2D eigenvalue weighted by molar-refractivity contribution is 5.76. The van der Waals surface area contributed by atoms with Crippen LogP contribution < -0.4 is 0 Å². The van der Waals surface area contributed by atoms with Gasteiger partial charge in [0.05, 0.1) is 13.2 Å². The van der Waals surface area contributed by atoms with E-state index in [9.17, 15) is 9.90 Å². The lowest BCUT2D eigenvalue weighted by atomic mass is 9.88. The number of fused-ring (bicyclic) bond motifs is 1. The van der Waals surface area contributed by atoms with E-state index in [0.717, 1.165) is 25.8 Å². The van der Waals surface area contributed by atoms with Crippen LogP contribution in [-0.4, -0.2) is 47.8 Å². The molecule has 0 aromatic carbocycles. The normalized spacial score (nSPS) is 47.6. The highest BCUT2D eigenvalue weighted by Crippen LogP contribution is 2.56. The Morgan fingerprint density at radius 3 is 2.72 bits per heavy atom. The molecule has 1 heterocycles. The van der Waals surface area contributed by atoms with Crippen molar-refractivity contribution < 1.29 is 14.6 Å². The molecule has 0 aromatic heterocycles. The van der Waals surface area contributed by atoms with E-state index in [-0.39, 0.29) is 24.2 Å². The molecule has 2 bridgehead atoms. The third kappa shape index (κ3) is 1.36. The van der Waals surface area contributed by atoms with Crippen LogP contribution in [0.15, 0.2) is 0 Å². The number of likely N-dealkylation sites (tertiary alicyclic amines) is 1. The molecule has 3 saturated carbocycles. The number of methoxy groups -OCH3 is 1. The van der Waals surface area contributed by atoms with E-state index in [1.807, 2.05) is 0 Å². The van der Waals surface area contributed by atoms with Gasteiger partial charge < -0.3 is 9.84 Å². The summed E-state index contributed by atoms with van der Waals surface area (Å²) in [6.07, 6.45) is 4.40. The quantitative estimate of drug-likeness (QED) is 0.748. The number of rotatable bonds is 3. The van der Waals surface area contributed by atoms with Crippen molar-refractivity contribution in [2.24, 2.45) is 23.7 Å². The third-order valence-electron chi connectivity index (χ3n) is 5.75. The summed E-state index contributed by atoms with van der Waals surface area (Å²) in [5.74, 6) is 2.23. The number of hydrogen-bond acceptors (Lipinski definition) is 4. The number of aliphatic hydroxyl groups is 1. The van der Waals surface area contributed by atoms with Crippen LogP contribution in [0, 0.1) is 23.7 Å². The summed E-state index contributed by atoms with van der Waals surface area (Å²) in [5, 5.41) is 10.4. The Morgan fingerprint density at radius 1 is 1.33 bits per heavy atom. The first kappa shape index (κ1) is 11.2. The first-order chi connectivity index (χ1) is 8.70. The van der Waals surface area contributed by atoms with Crippen LogP contribution in [0.3, 0.4) is 0 Å². The van der Waals surface area contributed by atoms with E-state index in [1.54, 1.807) is 0 Å². The van der Waals surface area contributed by atoms with Crippen LogP contribution in [0.2, 0.25) is 0 Å². The van der Waals surface area contributed by atoms with Gasteiger partial charge in [-0.05, 0) is 49.4 Å². The lowest BCUT2D eigenvalue weighted by Gasteiger charge is -2.33. The third-order valence-corrected chi connectivity index (χ3v) is 5.75. The molecule has 0 radical (unpaired) electrons. The summed E-state index contributed by atoms with van der Waals surface area (Å²) < 4.78 is 5.00. The van der Waals surface area contributed by atoms with E-state index in [1.165, 1.54) is 13.5 Å². The number of esters is 1. The van der Waals surface area contributed by atoms with Crippen LogP contribution in [0.1, 0.15) is 25.7 Å². The predicted molar refractivity (Wildman–Crippen MR) is 64.7 cm³/mol. The molecular weight excluding hydrogens is 230 g/mol. The SMILES string of the molecule is COC(=O)C(C1CC1)N1CC2CC3CC2C1C3O. The Labute approximate surface area is 107 Å². The minimum Gasteiger partial charge on any atom is -0.468 e. The smallest absolute Gasteiger partial charge is 0.323 e. The summed E-state index contributed by atoms with van der Waals surface area (Å²) in [6.45, 7) is 0.999. The topological polar surface area (TPSA) is 49.8 Å². The molecule has 1 saturated heterocycles. The fourth-order valence-corrected chi connectivity index (χ4v) is 4.91. The van der Waals surface area contributed by atoms with Gasteiger partial charge in [-0.25, -0.2) is 0 Å². The molecule has 6 unspecified atom stereocenters. The molecule has 0 amide bonds. The maximum Gasteiger partial charge on any atom is 0.323 e. The number of carbonyl (C=O) groups is 1. The standard InChI is InChI=1S/C14H21NO3/c1-18-14(17)11(7-2-3-7)15-6-9-4-8-5-10(9)12(15)13(8)16/h7-13,16H,2-6H2,1H3. The van der Waals surface area contributed by atoms with Gasteiger partial charge in [0.1, 0.15) is 6.04 Å². The van der Waals surface area contributed by atoms with Crippen molar-refractivity contribution >= 4 is 5.97 Å². The zero-order chi connectivity index (χ0) is 12.4.